The standard InChI is InChI=1S/C9H9ClN4O/c1-13-4-5-14(9(13)15)6-7-2-3-11-8(10)12-7/h2-5H,6H2,1H3. The zero-order valence-corrected chi connectivity index (χ0v) is 8.85. The summed E-state index contributed by atoms with van der Waals surface area (Å²) in [5.74, 6) is 0. The third kappa shape index (κ3) is 2.07. The summed E-state index contributed by atoms with van der Waals surface area (Å²) in [6.07, 6.45) is 4.97. The molecule has 5 nitrogen and oxygen atoms in total. The molecule has 2 heterocycles. The number of aromatic nitrogens is 4. The van der Waals surface area contributed by atoms with Gasteiger partial charge in [0, 0.05) is 25.6 Å². The first kappa shape index (κ1) is 9.92. The Morgan fingerprint density at radius 2 is 2.27 bits per heavy atom. The Hall–Kier alpha value is -1.62. The van der Waals surface area contributed by atoms with Crippen LogP contribution < -0.4 is 5.69 Å². The summed E-state index contributed by atoms with van der Waals surface area (Å²) in [4.78, 5) is 19.3. The van der Waals surface area contributed by atoms with E-state index in [4.69, 9.17) is 11.6 Å². The predicted octanol–water partition coefficient (Wildman–Crippen LogP) is 0.678. The van der Waals surface area contributed by atoms with Crippen molar-refractivity contribution < 1.29 is 0 Å². The molecule has 0 saturated carbocycles. The molecule has 0 fully saturated rings. The number of rotatable bonds is 2. The van der Waals surface area contributed by atoms with Crippen molar-refractivity contribution in [2.45, 2.75) is 6.54 Å². The van der Waals surface area contributed by atoms with Crippen molar-refractivity contribution in [3.63, 3.8) is 0 Å². The fraction of sp³-hybridized carbons (Fsp3) is 0.222. The summed E-state index contributed by atoms with van der Waals surface area (Å²) >= 11 is 5.64. The molecule has 0 atom stereocenters. The van der Waals surface area contributed by atoms with Gasteiger partial charge in [0.1, 0.15) is 0 Å². The third-order valence-electron chi connectivity index (χ3n) is 2.03. The van der Waals surface area contributed by atoms with Gasteiger partial charge < -0.3 is 4.57 Å². The maximum atomic E-state index is 11.5. The van der Waals surface area contributed by atoms with Crippen LogP contribution in [-0.2, 0) is 13.6 Å². The van der Waals surface area contributed by atoms with Crippen LogP contribution in [0, 0.1) is 0 Å². The number of hydrogen-bond donors (Lipinski definition) is 0. The zero-order chi connectivity index (χ0) is 10.8. The summed E-state index contributed by atoms with van der Waals surface area (Å²) in [6, 6.07) is 1.73. The lowest BCUT2D eigenvalue weighted by atomic mass is 10.4. The van der Waals surface area contributed by atoms with Crippen LogP contribution in [0.15, 0.2) is 29.5 Å². The summed E-state index contributed by atoms with van der Waals surface area (Å²) in [6.45, 7) is 0.405. The Morgan fingerprint density at radius 1 is 1.47 bits per heavy atom. The summed E-state index contributed by atoms with van der Waals surface area (Å²) in [5.41, 5.74) is 0.632. The van der Waals surface area contributed by atoms with E-state index in [9.17, 15) is 4.79 Å². The molecular formula is C9H9ClN4O. The second-order valence-electron chi connectivity index (χ2n) is 3.14. The molecule has 2 rings (SSSR count). The Bertz CT molecular complexity index is 531. The minimum atomic E-state index is -0.0789. The van der Waals surface area contributed by atoms with Crippen LogP contribution in [-0.4, -0.2) is 19.1 Å². The summed E-state index contributed by atoms with van der Waals surface area (Å²) < 4.78 is 3.06. The molecule has 0 aliphatic heterocycles. The average molecular weight is 225 g/mol. The van der Waals surface area contributed by atoms with Gasteiger partial charge in [-0.25, -0.2) is 14.8 Å². The lowest BCUT2D eigenvalue weighted by Crippen LogP contribution is -2.22. The van der Waals surface area contributed by atoms with Crippen molar-refractivity contribution in [2.75, 3.05) is 0 Å². The van der Waals surface area contributed by atoms with Crippen molar-refractivity contribution in [1.82, 2.24) is 19.1 Å². The van der Waals surface area contributed by atoms with Crippen LogP contribution >= 0.6 is 11.6 Å². The van der Waals surface area contributed by atoms with Crippen LogP contribution in [0.2, 0.25) is 5.28 Å². The highest BCUT2D eigenvalue weighted by Gasteiger charge is 2.02. The van der Waals surface area contributed by atoms with Gasteiger partial charge in [-0.1, -0.05) is 0 Å². The topological polar surface area (TPSA) is 52.7 Å². The van der Waals surface area contributed by atoms with E-state index in [1.807, 2.05) is 0 Å². The molecule has 0 aliphatic carbocycles. The summed E-state index contributed by atoms with van der Waals surface area (Å²) in [5, 5.41) is 0.191. The van der Waals surface area contributed by atoms with Crippen molar-refractivity contribution in [2.24, 2.45) is 7.05 Å². The fourth-order valence-corrected chi connectivity index (χ4v) is 1.43. The number of halogens is 1. The molecule has 0 unspecified atom stereocenters. The largest absolute Gasteiger partial charge is 0.328 e. The van der Waals surface area contributed by atoms with Gasteiger partial charge in [-0.3, -0.25) is 4.57 Å². The number of hydrogen-bond acceptors (Lipinski definition) is 3. The van der Waals surface area contributed by atoms with Crippen LogP contribution in [0.25, 0.3) is 0 Å². The molecule has 15 heavy (non-hydrogen) atoms. The van der Waals surface area contributed by atoms with Gasteiger partial charge in [-0.15, -0.1) is 0 Å². The molecular weight excluding hydrogens is 216 g/mol. The van der Waals surface area contributed by atoms with E-state index in [1.165, 1.54) is 4.57 Å². The summed E-state index contributed by atoms with van der Waals surface area (Å²) in [7, 11) is 1.70. The average Bonchev–Trinajstić information content (AvgIpc) is 2.50. The van der Waals surface area contributed by atoms with E-state index >= 15 is 0 Å². The molecule has 0 aromatic carbocycles. The van der Waals surface area contributed by atoms with Gasteiger partial charge >= 0.3 is 5.69 Å². The first-order chi connectivity index (χ1) is 7.16. The van der Waals surface area contributed by atoms with Crippen LogP contribution in [0.5, 0.6) is 0 Å². The SMILES string of the molecule is Cn1ccn(Cc2ccnc(Cl)n2)c1=O. The first-order valence-corrected chi connectivity index (χ1v) is 4.74. The van der Waals surface area contributed by atoms with Crippen molar-refractivity contribution in [3.8, 4) is 0 Å². The van der Waals surface area contributed by atoms with Crippen molar-refractivity contribution >= 4 is 11.6 Å². The molecule has 0 radical (unpaired) electrons. The Morgan fingerprint density at radius 3 is 2.87 bits per heavy atom. The molecule has 2 aromatic rings. The van der Waals surface area contributed by atoms with E-state index < -0.39 is 0 Å². The van der Waals surface area contributed by atoms with Crippen LogP contribution in [0.4, 0.5) is 0 Å². The van der Waals surface area contributed by atoms with Crippen molar-refractivity contribution in [1.29, 1.82) is 0 Å². The Labute approximate surface area is 91.0 Å². The van der Waals surface area contributed by atoms with E-state index in [0.717, 1.165) is 0 Å². The number of aryl methyl sites for hydroxylation is 1. The molecule has 0 amide bonds. The smallest absolute Gasteiger partial charge is 0.302 e. The van der Waals surface area contributed by atoms with E-state index in [0.29, 0.717) is 12.2 Å². The number of nitrogens with zero attached hydrogens (tertiary/aromatic N) is 4. The minimum Gasteiger partial charge on any atom is -0.302 e. The minimum absolute atomic E-state index is 0.0789. The van der Waals surface area contributed by atoms with Crippen molar-refractivity contribution in [3.05, 3.63) is 46.1 Å². The molecule has 0 aliphatic rings. The van der Waals surface area contributed by atoms with Crippen LogP contribution in [0.1, 0.15) is 5.69 Å². The number of imidazole rings is 1. The molecule has 0 bridgehead atoms. The molecule has 0 spiro atoms. The van der Waals surface area contributed by atoms with Gasteiger partial charge in [-0.05, 0) is 17.7 Å². The highest BCUT2D eigenvalue weighted by Crippen LogP contribution is 2.01. The van der Waals surface area contributed by atoms with Crippen LogP contribution in [0.3, 0.4) is 0 Å². The molecule has 0 N–H and O–H groups in total. The van der Waals surface area contributed by atoms with E-state index in [1.54, 1.807) is 36.3 Å². The quantitative estimate of drug-likeness (QED) is 0.705. The first-order valence-electron chi connectivity index (χ1n) is 4.36. The Balaban J connectivity index is 2.30. The highest BCUT2D eigenvalue weighted by atomic mass is 35.5. The maximum Gasteiger partial charge on any atom is 0.328 e. The van der Waals surface area contributed by atoms with Gasteiger partial charge in [-0.2, -0.15) is 0 Å². The Kier molecular flexibility index (Phi) is 2.55. The van der Waals surface area contributed by atoms with Gasteiger partial charge in [0.05, 0.1) is 12.2 Å². The monoisotopic (exact) mass is 224 g/mol. The molecule has 0 saturated heterocycles. The third-order valence-corrected chi connectivity index (χ3v) is 2.22. The highest BCUT2D eigenvalue weighted by molar-refractivity contribution is 6.28. The second-order valence-corrected chi connectivity index (χ2v) is 3.47. The van der Waals surface area contributed by atoms with E-state index in [-0.39, 0.29) is 11.0 Å². The molecule has 6 heteroatoms. The molecule has 78 valence electrons. The fourth-order valence-electron chi connectivity index (χ4n) is 1.26. The second kappa shape index (κ2) is 3.86. The normalized spacial score (nSPS) is 10.5. The lowest BCUT2D eigenvalue weighted by Gasteiger charge is -2.00. The van der Waals surface area contributed by atoms with Gasteiger partial charge in [0.15, 0.2) is 0 Å². The lowest BCUT2D eigenvalue weighted by molar-refractivity contribution is 0.703. The maximum absolute atomic E-state index is 11.5. The van der Waals surface area contributed by atoms with Gasteiger partial charge in [0.25, 0.3) is 0 Å². The van der Waals surface area contributed by atoms with E-state index in [2.05, 4.69) is 9.97 Å². The van der Waals surface area contributed by atoms with Gasteiger partial charge in [0.2, 0.25) is 5.28 Å². The predicted molar refractivity (Wildman–Crippen MR) is 55.8 cm³/mol. The molecule has 2 aromatic heterocycles. The zero-order valence-electron chi connectivity index (χ0n) is 8.09.